The van der Waals surface area contributed by atoms with E-state index < -0.39 is 0 Å². The van der Waals surface area contributed by atoms with Gasteiger partial charge in [-0.3, -0.25) is 4.99 Å². The SMILES string of the molecule is Brc1ccccc1N=Cc1cccs1. The smallest absolute Gasteiger partial charge is 0.0772 e. The number of hydrogen-bond acceptors (Lipinski definition) is 2. The summed E-state index contributed by atoms with van der Waals surface area (Å²) < 4.78 is 1.02. The second kappa shape index (κ2) is 4.53. The van der Waals surface area contributed by atoms with Crippen molar-refractivity contribution < 1.29 is 0 Å². The van der Waals surface area contributed by atoms with Crippen LogP contribution in [0.1, 0.15) is 4.88 Å². The Bertz CT molecular complexity index is 434. The molecule has 2 aromatic rings. The maximum atomic E-state index is 4.39. The van der Waals surface area contributed by atoms with Crippen LogP contribution in [0.3, 0.4) is 0 Å². The summed E-state index contributed by atoms with van der Waals surface area (Å²) in [5.74, 6) is 0. The van der Waals surface area contributed by atoms with Crippen molar-refractivity contribution in [1.29, 1.82) is 0 Å². The molecule has 0 N–H and O–H groups in total. The standard InChI is InChI=1S/C11H8BrNS/c12-10-5-1-2-6-11(10)13-8-9-4-3-7-14-9/h1-8H. The molecule has 1 aromatic heterocycles. The molecule has 3 heteroatoms. The van der Waals surface area contributed by atoms with Gasteiger partial charge in [0.2, 0.25) is 0 Å². The quantitative estimate of drug-likeness (QED) is 0.720. The Morgan fingerprint density at radius 1 is 1.14 bits per heavy atom. The molecule has 1 nitrogen and oxygen atoms in total. The number of para-hydroxylation sites is 1. The van der Waals surface area contributed by atoms with Crippen LogP contribution in [0.5, 0.6) is 0 Å². The first-order valence-corrected chi connectivity index (χ1v) is 5.85. The van der Waals surface area contributed by atoms with Crippen LogP contribution in [0.2, 0.25) is 0 Å². The third-order valence-electron chi connectivity index (χ3n) is 1.73. The molecule has 0 unspecified atom stereocenters. The number of halogens is 1. The average Bonchev–Trinajstić information content (AvgIpc) is 2.69. The summed E-state index contributed by atoms with van der Waals surface area (Å²) in [6, 6.07) is 12.0. The lowest BCUT2D eigenvalue weighted by molar-refractivity contribution is 1.50. The molecule has 0 amide bonds. The van der Waals surface area contributed by atoms with Gasteiger partial charge in [0.05, 0.1) is 5.69 Å². The highest BCUT2D eigenvalue weighted by molar-refractivity contribution is 9.10. The van der Waals surface area contributed by atoms with Crippen LogP contribution in [0.25, 0.3) is 0 Å². The van der Waals surface area contributed by atoms with Gasteiger partial charge < -0.3 is 0 Å². The first-order chi connectivity index (χ1) is 6.86. The summed E-state index contributed by atoms with van der Waals surface area (Å²) >= 11 is 5.13. The van der Waals surface area contributed by atoms with Gasteiger partial charge in [0.15, 0.2) is 0 Å². The van der Waals surface area contributed by atoms with E-state index in [1.165, 1.54) is 4.88 Å². The fourth-order valence-corrected chi connectivity index (χ4v) is 2.03. The van der Waals surface area contributed by atoms with E-state index in [2.05, 4.69) is 20.9 Å². The zero-order chi connectivity index (χ0) is 9.80. The van der Waals surface area contributed by atoms with E-state index in [0.29, 0.717) is 0 Å². The molecule has 0 atom stereocenters. The average molecular weight is 266 g/mol. The summed E-state index contributed by atoms with van der Waals surface area (Å²) in [7, 11) is 0. The maximum absolute atomic E-state index is 4.39. The van der Waals surface area contributed by atoms with Crippen molar-refractivity contribution in [2.45, 2.75) is 0 Å². The van der Waals surface area contributed by atoms with Crippen molar-refractivity contribution >= 4 is 39.2 Å². The van der Waals surface area contributed by atoms with Crippen molar-refractivity contribution in [3.05, 3.63) is 51.1 Å². The highest BCUT2D eigenvalue weighted by atomic mass is 79.9. The van der Waals surface area contributed by atoms with Gasteiger partial charge in [-0.05, 0) is 39.5 Å². The number of aliphatic imine (C=N–C) groups is 1. The monoisotopic (exact) mass is 265 g/mol. The zero-order valence-electron chi connectivity index (χ0n) is 7.35. The molecule has 1 heterocycles. The van der Waals surface area contributed by atoms with Gasteiger partial charge in [0.25, 0.3) is 0 Å². The highest BCUT2D eigenvalue weighted by Gasteiger charge is 1.94. The first kappa shape index (κ1) is 9.62. The summed E-state index contributed by atoms with van der Waals surface area (Å²) in [5, 5.41) is 2.04. The van der Waals surface area contributed by atoms with E-state index >= 15 is 0 Å². The molecule has 0 saturated carbocycles. The van der Waals surface area contributed by atoms with E-state index in [0.717, 1.165) is 10.2 Å². The molecule has 0 aliphatic heterocycles. The molecule has 0 saturated heterocycles. The molecule has 1 aromatic carbocycles. The summed E-state index contributed by atoms with van der Waals surface area (Å²) in [5.41, 5.74) is 0.959. The van der Waals surface area contributed by atoms with E-state index in [-0.39, 0.29) is 0 Å². The van der Waals surface area contributed by atoms with Gasteiger partial charge in [-0.1, -0.05) is 18.2 Å². The first-order valence-electron chi connectivity index (χ1n) is 4.18. The normalized spacial score (nSPS) is 10.9. The second-order valence-electron chi connectivity index (χ2n) is 2.73. The fraction of sp³-hybridized carbons (Fsp3) is 0. The third kappa shape index (κ3) is 2.30. The maximum Gasteiger partial charge on any atom is 0.0772 e. The largest absolute Gasteiger partial charge is 0.254 e. The van der Waals surface area contributed by atoms with Gasteiger partial charge in [-0.25, -0.2) is 0 Å². The number of rotatable bonds is 2. The molecule has 0 bridgehead atoms. The third-order valence-corrected chi connectivity index (χ3v) is 3.20. The Morgan fingerprint density at radius 3 is 2.71 bits per heavy atom. The lowest BCUT2D eigenvalue weighted by Crippen LogP contribution is -1.72. The van der Waals surface area contributed by atoms with Crippen LogP contribution in [-0.2, 0) is 0 Å². The minimum atomic E-state index is 0.959. The van der Waals surface area contributed by atoms with E-state index in [4.69, 9.17) is 0 Å². The van der Waals surface area contributed by atoms with Gasteiger partial charge >= 0.3 is 0 Å². The molecule has 0 spiro atoms. The zero-order valence-corrected chi connectivity index (χ0v) is 9.75. The van der Waals surface area contributed by atoms with E-state index in [9.17, 15) is 0 Å². The van der Waals surface area contributed by atoms with Crippen molar-refractivity contribution in [3.63, 3.8) is 0 Å². The van der Waals surface area contributed by atoms with Gasteiger partial charge in [0.1, 0.15) is 0 Å². The molecule has 2 rings (SSSR count). The lowest BCUT2D eigenvalue weighted by Gasteiger charge is -1.95. The molecular weight excluding hydrogens is 258 g/mol. The Kier molecular flexibility index (Phi) is 3.11. The van der Waals surface area contributed by atoms with Crippen molar-refractivity contribution in [3.8, 4) is 0 Å². The summed E-state index contributed by atoms with van der Waals surface area (Å²) in [4.78, 5) is 5.55. The van der Waals surface area contributed by atoms with Crippen LogP contribution in [0, 0.1) is 0 Å². The van der Waals surface area contributed by atoms with Crippen LogP contribution < -0.4 is 0 Å². The minimum Gasteiger partial charge on any atom is -0.254 e. The van der Waals surface area contributed by atoms with E-state index in [1.54, 1.807) is 11.3 Å². The molecule has 14 heavy (non-hydrogen) atoms. The Labute approximate surface area is 95.3 Å². The lowest BCUT2D eigenvalue weighted by atomic mass is 10.3. The molecular formula is C11H8BrNS. The summed E-state index contributed by atoms with van der Waals surface area (Å²) in [6.45, 7) is 0. The Balaban J connectivity index is 2.23. The topological polar surface area (TPSA) is 12.4 Å². The summed E-state index contributed by atoms with van der Waals surface area (Å²) in [6.07, 6.45) is 1.88. The van der Waals surface area contributed by atoms with Crippen molar-refractivity contribution in [2.75, 3.05) is 0 Å². The van der Waals surface area contributed by atoms with Gasteiger partial charge in [-0.15, -0.1) is 11.3 Å². The predicted molar refractivity (Wildman–Crippen MR) is 65.7 cm³/mol. The van der Waals surface area contributed by atoms with Gasteiger partial charge in [-0.2, -0.15) is 0 Å². The number of nitrogens with zero attached hydrogens (tertiary/aromatic N) is 1. The molecule has 0 radical (unpaired) electrons. The Hall–Kier alpha value is -0.930. The molecule has 0 aliphatic carbocycles. The Morgan fingerprint density at radius 2 is 2.00 bits per heavy atom. The fourth-order valence-electron chi connectivity index (χ4n) is 1.05. The van der Waals surface area contributed by atoms with Crippen molar-refractivity contribution in [1.82, 2.24) is 0 Å². The predicted octanol–water partition coefficient (Wildman–Crippen LogP) is 4.26. The molecule has 0 fully saturated rings. The van der Waals surface area contributed by atoms with Crippen molar-refractivity contribution in [2.24, 2.45) is 4.99 Å². The van der Waals surface area contributed by atoms with Gasteiger partial charge in [0, 0.05) is 15.6 Å². The van der Waals surface area contributed by atoms with Crippen LogP contribution in [0.4, 0.5) is 5.69 Å². The highest BCUT2D eigenvalue weighted by Crippen LogP contribution is 2.24. The van der Waals surface area contributed by atoms with Crippen LogP contribution in [-0.4, -0.2) is 6.21 Å². The molecule has 70 valence electrons. The second-order valence-corrected chi connectivity index (χ2v) is 4.56. The molecule has 0 aliphatic rings. The minimum absolute atomic E-state index is 0.959. The number of thiophene rings is 1. The number of benzene rings is 1. The van der Waals surface area contributed by atoms with Crippen LogP contribution in [0.15, 0.2) is 51.2 Å². The van der Waals surface area contributed by atoms with E-state index in [1.807, 2.05) is 48.0 Å². The number of hydrogen-bond donors (Lipinski definition) is 0. The van der Waals surface area contributed by atoms with Crippen LogP contribution >= 0.6 is 27.3 Å².